The Kier molecular flexibility index (Phi) is 4.71. The van der Waals surface area contributed by atoms with Crippen LogP contribution < -0.4 is 10.2 Å². The molecular weight excluding hydrogens is 360 g/mol. The third-order valence-electron chi connectivity index (χ3n) is 4.77. The smallest absolute Gasteiger partial charge is 0.192 e. The maximum Gasteiger partial charge on any atom is 0.192 e. The molecule has 0 aliphatic carbocycles. The van der Waals surface area contributed by atoms with Crippen LogP contribution in [0.15, 0.2) is 71.7 Å². The van der Waals surface area contributed by atoms with Crippen LogP contribution in [0.25, 0.3) is 33.4 Å². The Hall–Kier alpha value is -3.40. The first-order valence-corrected chi connectivity index (χ1v) is 9.69. The van der Waals surface area contributed by atoms with Crippen molar-refractivity contribution < 1.29 is 4.74 Å². The van der Waals surface area contributed by atoms with E-state index in [-0.39, 0.29) is 11.0 Å². The second kappa shape index (κ2) is 7.21. The van der Waals surface area contributed by atoms with Crippen molar-refractivity contribution >= 4 is 10.9 Å². The molecule has 2 heterocycles. The number of ether oxygens (including phenoxy) is 1. The number of aromatic amines is 1. The van der Waals surface area contributed by atoms with Gasteiger partial charge in [-0.1, -0.05) is 12.1 Å². The van der Waals surface area contributed by atoms with E-state index in [0.29, 0.717) is 10.9 Å². The predicted molar refractivity (Wildman–Crippen MR) is 118 cm³/mol. The molecular formula is C25H24N2O2. The van der Waals surface area contributed by atoms with Crippen LogP contribution in [-0.4, -0.2) is 15.6 Å². The average Bonchev–Trinajstić information content (AvgIpc) is 2.70. The van der Waals surface area contributed by atoms with Crippen LogP contribution >= 0.6 is 0 Å². The summed E-state index contributed by atoms with van der Waals surface area (Å²) in [4.78, 5) is 20.7. The van der Waals surface area contributed by atoms with E-state index in [1.807, 2.05) is 94.6 Å². The summed E-state index contributed by atoms with van der Waals surface area (Å²) in [6, 6.07) is 19.5. The molecule has 0 radical (unpaired) electrons. The van der Waals surface area contributed by atoms with Gasteiger partial charge in [-0.15, -0.1) is 0 Å². The summed E-state index contributed by atoms with van der Waals surface area (Å²) >= 11 is 0. The fourth-order valence-corrected chi connectivity index (χ4v) is 3.38. The number of H-pyrrole nitrogens is 1. The summed E-state index contributed by atoms with van der Waals surface area (Å²) < 4.78 is 5.87. The molecule has 2 aromatic carbocycles. The summed E-state index contributed by atoms with van der Waals surface area (Å²) in [6.07, 6.45) is 1.81. The summed E-state index contributed by atoms with van der Waals surface area (Å²) in [6.45, 7) is 7.93. The zero-order chi connectivity index (χ0) is 20.6. The minimum atomic E-state index is -0.226. The lowest BCUT2D eigenvalue weighted by molar-refractivity contribution is 0.131. The maximum atomic E-state index is 12.7. The van der Waals surface area contributed by atoms with Gasteiger partial charge in [-0.3, -0.25) is 9.78 Å². The van der Waals surface area contributed by atoms with Crippen LogP contribution in [0, 0.1) is 6.92 Å². The fourth-order valence-electron chi connectivity index (χ4n) is 3.38. The number of hydrogen-bond donors (Lipinski definition) is 1. The molecule has 4 rings (SSSR count). The van der Waals surface area contributed by atoms with Gasteiger partial charge in [-0.2, -0.15) is 0 Å². The third-order valence-corrected chi connectivity index (χ3v) is 4.77. The average molecular weight is 384 g/mol. The monoisotopic (exact) mass is 384 g/mol. The number of hydrogen-bond acceptors (Lipinski definition) is 3. The van der Waals surface area contributed by atoms with Crippen LogP contribution in [-0.2, 0) is 0 Å². The molecule has 0 fully saturated rings. The standard InChI is InChI=1S/C25H24N2O2/c1-16-23(27-22-8-6-5-7-20(22)24(16)28)18-11-14-21(26-15-18)17-9-12-19(13-10-17)29-25(2,3)4/h5-15H,1-4H3,(H,27,28). The summed E-state index contributed by atoms with van der Waals surface area (Å²) in [5, 5.41) is 0.705. The highest BCUT2D eigenvalue weighted by atomic mass is 16.5. The van der Waals surface area contributed by atoms with E-state index in [1.165, 1.54) is 0 Å². The first-order chi connectivity index (χ1) is 13.8. The molecule has 4 aromatic rings. The third kappa shape index (κ3) is 3.92. The molecule has 0 bridgehead atoms. The Morgan fingerprint density at radius 2 is 1.59 bits per heavy atom. The molecule has 4 nitrogen and oxygen atoms in total. The number of para-hydroxylation sites is 1. The van der Waals surface area contributed by atoms with Crippen LogP contribution in [0.3, 0.4) is 0 Å². The molecule has 0 amide bonds. The topological polar surface area (TPSA) is 55.0 Å². The van der Waals surface area contributed by atoms with Gasteiger partial charge in [-0.05, 0) is 76.2 Å². The molecule has 2 aromatic heterocycles. The van der Waals surface area contributed by atoms with Crippen LogP contribution in [0.4, 0.5) is 0 Å². The number of benzene rings is 2. The van der Waals surface area contributed by atoms with Gasteiger partial charge < -0.3 is 9.72 Å². The SMILES string of the molecule is Cc1c(-c2ccc(-c3ccc(OC(C)(C)C)cc3)nc2)[nH]c2ccccc2c1=O. The molecule has 146 valence electrons. The summed E-state index contributed by atoms with van der Waals surface area (Å²) in [5.74, 6) is 0.835. The van der Waals surface area contributed by atoms with Gasteiger partial charge in [-0.25, -0.2) is 0 Å². The molecule has 0 aliphatic rings. The van der Waals surface area contributed by atoms with E-state index < -0.39 is 0 Å². The highest BCUT2D eigenvalue weighted by Crippen LogP contribution is 2.26. The number of nitrogens with one attached hydrogen (secondary N) is 1. The van der Waals surface area contributed by atoms with Crippen molar-refractivity contribution in [2.24, 2.45) is 0 Å². The van der Waals surface area contributed by atoms with Crippen LogP contribution in [0.2, 0.25) is 0 Å². The van der Waals surface area contributed by atoms with E-state index in [4.69, 9.17) is 4.74 Å². The molecule has 0 saturated heterocycles. The van der Waals surface area contributed by atoms with Crippen LogP contribution in [0.5, 0.6) is 5.75 Å². The van der Waals surface area contributed by atoms with Gasteiger partial charge in [0.1, 0.15) is 11.4 Å². The van der Waals surface area contributed by atoms with Crippen molar-refractivity contribution in [1.82, 2.24) is 9.97 Å². The molecule has 0 atom stereocenters. The normalized spacial score (nSPS) is 11.6. The van der Waals surface area contributed by atoms with Gasteiger partial charge in [0.15, 0.2) is 5.43 Å². The van der Waals surface area contributed by atoms with E-state index in [0.717, 1.165) is 33.8 Å². The number of fused-ring (bicyclic) bond motifs is 1. The van der Waals surface area contributed by atoms with Gasteiger partial charge in [0.25, 0.3) is 0 Å². The van der Waals surface area contributed by atoms with Crippen molar-refractivity contribution in [3.8, 4) is 28.3 Å². The quantitative estimate of drug-likeness (QED) is 0.490. The Morgan fingerprint density at radius 1 is 0.897 bits per heavy atom. The summed E-state index contributed by atoms with van der Waals surface area (Å²) in [5.41, 5.74) is 4.93. The molecule has 4 heteroatoms. The van der Waals surface area contributed by atoms with E-state index in [9.17, 15) is 4.79 Å². The second-order valence-corrected chi connectivity index (χ2v) is 8.17. The largest absolute Gasteiger partial charge is 0.488 e. The Balaban J connectivity index is 1.66. The van der Waals surface area contributed by atoms with E-state index in [2.05, 4.69) is 9.97 Å². The molecule has 0 spiro atoms. The zero-order valence-electron chi connectivity index (χ0n) is 17.1. The zero-order valence-corrected chi connectivity index (χ0v) is 17.1. The van der Waals surface area contributed by atoms with Gasteiger partial charge >= 0.3 is 0 Å². The van der Waals surface area contributed by atoms with Gasteiger partial charge in [0, 0.05) is 33.8 Å². The highest BCUT2D eigenvalue weighted by molar-refractivity contribution is 5.83. The molecule has 29 heavy (non-hydrogen) atoms. The van der Waals surface area contributed by atoms with Gasteiger partial charge in [0.2, 0.25) is 0 Å². The number of nitrogens with zero attached hydrogens (tertiary/aromatic N) is 1. The minimum absolute atomic E-state index is 0.0489. The molecule has 0 saturated carbocycles. The maximum absolute atomic E-state index is 12.7. The predicted octanol–water partition coefficient (Wildman–Crippen LogP) is 5.74. The van der Waals surface area contributed by atoms with Crippen molar-refractivity contribution in [2.45, 2.75) is 33.3 Å². The fraction of sp³-hybridized carbons (Fsp3) is 0.200. The summed E-state index contributed by atoms with van der Waals surface area (Å²) in [7, 11) is 0. The van der Waals surface area contributed by atoms with Crippen molar-refractivity contribution in [3.63, 3.8) is 0 Å². The Morgan fingerprint density at radius 3 is 2.24 bits per heavy atom. The molecule has 1 N–H and O–H groups in total. The van der Waals surface area contributed by atoms with Crippen molar-refractivity contribution in [3.05, 3.63) is 82.6 Å². The Labute approximate surface area is 170 Å². The number of aromatic nitrogens is 2. The molecule has 0 aliphatic heterocycles. The lowest BCUT2D eigenvalue weighted by atomic mass is 10.0. The van der Waals surface area contributed by atoms with E-state index >= 15 is 0 Å². The van der Waals surface area contributed by atoms with Crippen molar-refractivity contribution in [1.29, 1.82) is 0 Å². The van der Waals surface area contributed by atoms with E-state index in [1.54, 1.807) is 0 Å². The number of pyridine rings is 2. The lowest BCUT2D eigenvalue weighted by Gasteiger charge is -2.21. The molecule has 0 unspecified atom stereocenters. The highest BCUT2D eigenvalue weighted by Gasteiger charge is 2.13. The second-order valence-electron chi connectivity index (χ2n) is 8.17. The van der Waals surface area contributed by atoms with Crippen molar-refractivity contribution in [2.75, 3.05) is 0 Å². The lowest BCUT2D eigenvalue weighted by Crippen LogP contribution is -2.22. The Bertz CT molecular complexity index is 1220. The number of rotatable bonds is 3. The first kappa shape index (κ1) is 18.9. The van der Waals surface area contributed by atoms with Crippen LogP contribution in [0.1, 0.15) is 26.3 Å². The minimum Gasteiger partial charge on any atom is -0.488 e. The van der Waals surface area contributed by atoms with Gasteiger partial charge in [0.05, 0.1) is 11.4 Å². The first-order valence-electron chi connectivity index (χ1n) is 9.69.